The lowest BCUT2D eigenvalue weighted by molar-refractivity contribution is -0.385. The predicted molar refractivity (Wildman–Crippen MR) is 79.1 cm³/mol. The Morgan fingerprint density at radius 1 is 1.29 bits per heavy atom. The summed E-state index contributed by atoms with van der Waals surface area (Å²) >= 11 is 0. The second kappa shape index (κ2) is 6.09. The van der Waals surface area contributed by atoms with Crippen molar-refractivity contribution in [3.8, 4) is 0 Å². The van der Waals surface area contributed by atoms with Gasteiger partial charge in [0.1, 0.15) is 0 Å². The van der Waals surface area contributed by atoms with Gasteiger partial charge < -0.3 is 14.9 Å². The molecule has 7 nitrogen and oxygen atoms in total. The Hall–Kier alpha value is -2.15. The Morgan fingerprint density at radius 2 is 2.00 bits per heavy atom. The van der Waals surface area contributed by atoms with Gasteiger partial charge in [0.2, 0.25) is 0 Å². The second-order valence-corrected chi connectivity index (χ2v) is 5.35. The number of anilines is 1. The van der Waals surface area contributed by atoms with E-state index in [4.69, 9.17) is 5.11 Å². The molecule has 114 valence electrons. The summed E-state index contributed by atoms with van der Waals surface area (Å²) in [5, 5.41) is 20.3. The van der Waals surface area contributed by atoms with Crippen molar-refractivity contribution in [2.75, 3.05) is 38.1 Å². The molecule has 1 fully saturated rings. The van der Waals surface area contributed by atoms with Gasteiger partial charge >= 0.3 is 5.97 Å². The fourth-order valence-electron chi connectivity index (χ4n) is 2.61. The van der Waals surface area contributed by atoms with Gasteiger partial charge in [0.25, 0.3) is 5.69 Å². The Kier molecular flexibility index (Phi) is 4.42. The van der Waals surface area contributed by atoms with Gasteiger partial charge in [-0.1, -0.05) is 0 Å². The van der Waals surface area contributed by atoms with Crippen molar-refractivity contribution >= 4 is 17.3 Å². The quantitative estimate of drug-likeness (QED) is 0.674. The first-order valence-electron chi connectivity index (χ1n) is 6.86. The SMILES string of the molecule is Cc1c(N2CCCN(C)CC2)cc(C(=O)O)cc1[N+](=O)[O-]. The molecule has 7 heteroatoms. The molecule has 0 atom stereocenters. The van der Waals surface area contributed by atoms with E-state index in [2.05, 4.69) is 4.90 Å². The van der Waals surface area contributed by atoms with Crippen LogP contribution >= 0.6 is 0 Å². The van der Waals surface area contributed by atoms with E-state index in [1.807, 2.05) is 11.9 Å². The number of rotatable bonds is 3. The van der Waals surface area contributed by atoms with E-state index in [1.165, 1.54) is 6.07 Å². The lowest BCUT2D eigenvalue weighted by atomic mass is 10.1. The van der Waals surface area contributed by atoms with Crippen LogP contribution in [-0.2, 0) is 0 Å². The Morgan fingerprint density at radius 3 is 2.62 bits per heavy atom. The molecule has 0 radical (unpaired) electrons. The highest BCUT2D eigenvalue weighted by Crippen LogP contribution is 2.31. The van der Waals surface area contributed by atoms with Gasteiger partial charge in [-0.15, -0.1) is 0 Å². The molecule has 0 saturated carbocycles. The number of carboxylic acids is 1. The molecule has 1 aromatic carbocycles. The molecule has 21 heavy (non-hydrogen) atoms. The number of aromatic carboxylic acids is 1. The van der Waals surface area contributed by atoms with E-state index in [9.17, 15) is 14.9 Å². The summed E-state index contributed by atoms with van der Waals surface area (Å²) in [6.45, 7) is 5.00. The molecular weight excluding hydrogens is 274 g/mol. The van der Waals surface area contributed by atoms with Crippen molar-refractivity contribution in [3.63, 3.8) is 0 Å². The van der Waals surface area contributed by atoms with Gasteiger partial charge in [0, 0.05) is 31.4 Å². The van der Waals surface area contributed by atoms with E-state index in [0.717, 1.165) is 38.7 Å². The highest BCUT2D eigenvalue weighted by atomic mass is 16.6. The minimum Gasteiger partial charge on any atom is -0.478 e. The molecule has 0 aliphatic carbocycles. The van der Waals surface area contributed by atoms with Crippen LogP contribution in [0.1, 0.15) is 22.3 Å². The smallest absolute Gasteiger partial charge is 0.336 e. The summed E-state index contributed by atoms with van der Waals surface area (Å²) in [7, 11) is 2.03. The van der Waals surface area contributed by atoms with Crippen LogP contribution in [0.3, 0.4) is 0 Å². The minimum absolute atomic E-state index is 0.0418. The molecule has 0 aromatic heterocycles. The lowest BCUT2D eigenvalue weighted by Crippen LogP contribution is -2.29. The van der Waals surface area contributed by atoms with Crippen molar-refractivity contribution in [2.45, 2.75) is 13.3 Å². The van der Waals surface area contributed by atoms with Crippen LogP contribution in [-0.4, -0.2) is 54.1 Å². The third kappa shape index (κ3) is 3.30. The highest BCUT2D eigenvalue weighted by molar-refractivity contribution is 5.90. The van der Waals surface area contributed by atoms with Crippen LogP contribution in [0, 0.1) is 17.0 Å². The van der Waals surface area contributed by atoms with E-state index in [1.54, 1.807) is 6.92 Å². The number of nitrogens with zero attached hydrogens (tertiary/aromatic N) is 3. The van der Waals surface area contributed by atoms with Gasteiger partial charge in [-0.2, -0.15) is 0 Å². The molecule has 1 aliphatic heterocycles. The van der Waals surface area contributed by atoms with Crippen LogP contribution in [0.5, 0.6) is 0 Å². The van der Waals surface area contributed by atoms with Gasteiger partial charge in [0.15, 0.2) is 0 Å². The molecule has 1 aliphatic rings. The summed E-state index contributed by atoms with van der Waals surface area (Å²) in [6.07, 6.45) is 0.945. The zero-order chi connectivity index (χ0) is 15.6. The number of hydrogen-bond acceptors (Lipinski definition) is 5. The normalized spacial score (nSPS) is 16.6. The number of hydrogen-bond donors (Lipinski definition) is 1. The standard InChI is InChI=1S/C14H19N3O4/c1-10-12(16-5-3-4-15(2)6-7-16)8-11(14(18)19)9-13(10)17(20)21/h8-9H,3-7H2,1-2H3,(H,18,19). The minimum atomic E-state index is -1.15. The van der Waals surface area contributed by atoms with Crippen LogP contribution < -0.4 is 4.90 Å². The molecule has 1 aromatic rings. The molecule has 1 heterocycles. The number of nitro groups is 1. The van der Waals surface area contributed by atoms with E-state index < -0.39 is 10.9 Å². The van der Waals surface area contributed by atoms with Crippen LogP contribution in [0.4, 0.5) is 11.4 Å². The average Bonchev–Trinajstić information content (AvgIpc) is 2.63. The molecule has 0 amide bonds. The second-order valence-electron chi connectivity index (χ2n) is 5.35. The highest BCUT2D eigenvalue weighted by Gasteiger charge is 2.23. The van der Waals surface area contributed by atoms with Crippen LogP contribution in [0.25, 0.3) is 0 Å². The molecule has 0 bridgehead atoms. The van der Waals surface area contributed by atoms with Crippen molar-refractivity contribution < 1.29 is 14.8 Å². The summed E-state index contributed by atoms with van der Waals surface area (Å²) < 4.78 is 0. The Balaban J connectivity index is 2.46. The fourth-order valence-corrected chi connectivity index (χ4v) is 2.61. The van der Waals surface area contributed by atoms with Crippen molar-refractivity contribution in [2.24, 2.45) is 0 Å². The third-order valence-corrected chi connectivity index (χ3v) is 3.86. The number of carboxylic acid groups (broad SMARTS) is 1. The van der Waals surface area contributed by atoms with Gasteiger partial charge in [-0.25, -0.2) is 4.79 Å². The predicted octanol–water partition coefficient (Wildman–Crippen LogP) is 1.74. The van der Waals surface area contributed by atoms with Gasteiger partial charge in [0.05, 0.1) is 16.1 Å². The number of likely N-dealkylation sites (N-methyl/N-ethyl adjacent to an activating group) is 1. The molecule has 0 unspecified atom stereocenters. The van der Waals surface area contributed by atoms with E-state index in [0.29, 0.717) is 11.3 Å². The number of carbonyl (C=O) groups is 1. The average molecular weight is 293 g/mol. The number of nitro benzene ring substituents is 1. The summed E-state index contributed by atoms with van der Waals surface area (Å²) in [5.74, 6) is -1.15. The monoisotopic (exact) mass is 293 g/mol. The van der Waals surface area contributed by atoms with Crippen molar-refractivity contribution in [1.29, 1.82) is 0 Å². The van der Waals surface area contributed by atoms with Gasteiger partial charge in [-0.3, -0.25) is 10.1 Å². The topological polar surface area (TPSA) is 86.9 Å². The summed E-state index contributed by atoms with van der Waals surface area (Å²) in [4.78, 5) is 26.1. The van der Waals surface area contributed by atoms with Gasteiger partial charge in [-0.05, 0) is 33.0 Å². The largest absolute Gasteiger partial charge is 0.478 e. The Labute approximate surface area is 122 Å². The van der Waals surface area contributed by atoms with Crippen molar-refractivity contribution in [1.82, 2.24) is 4.90 Å². The van der Waals surface area contributed by atoms with Crippen LogP contribution in [0.2, 0.25) is 0 Å². The van der Waals surface area contributed by atoms with Crippen LogP contribution in [0.15, 0.2) is 12.1 Å². The maximum atomic E-state index is 11.2. The fraction of sp³-hybridized carbons (Fsp3) is 0.500. The van der Waals surface area contributed by atoms with Crippen molar-refractivity contribution in [3.05, 3.63) is 33.4 Å². The zero-order valence-corrected chi connectivity index (χ0v) is 12.2. The molecular formula is C14H19N3O4. The molecule has 0 spiro atoms. The maximum absolute atomic E-state index is 11.2. The molecule has 2 rings (SSSR count). The maximum Gasteiger partial charge on any atom is 0.336 e. The summed E-state index contributed by atoms with van der Waals surface area (Å²) in [6, 6.07) is 2.67. The first kappa shape index (κ1) is 15.2. The third-order valence-electron chi connectivity index (χ3n) is 3.86. The summed E-state index contributed by atoms with van der Waals surface area (Å²) in [5.41, 5.74) is 0.994. The first-order valence-corrected chi connectivity index (χ1v) is 6.86. The number of benzene rings is 1. The Bertz CT molecular complexity index is 574. The lowest BCUT2D eigenvalue weighted by Gasteiger charge is -2.25. The van der Waals surface area contributed by atoms with E-state index in [-0.39, 0.29) is 11.3 Å². The first-order chi connectivity index (χ1) is 9.90. The molecule has 1 saturated heterocycles. The molecule has 1 N–H and O–H groups in total. The zero-order valence-electron chi connectivity index (χ0n) is 12.2. The van der Waals surface area contributed by atoms with E-state index >= 15 is 0 Å².